The number of quaternary nitrogens is 1. The van der Waals surface area contributed by atoms with Crippen molar-refractivity contribution in [3.63, 3.8) is 0 Å². The quantitative estimate of drug-likeness (QED) is 0.807. The first kappa shape index (κ1) is 9.99. The fourth-order valence-electron chi connectivity index (χ4n) is 1.53. The smallest absolute Gasteiger partial charge is 0.158 e. The maximum atomic E-state index is 5.74. The monoisotopic (exact) mass is 202 g/mol. The van der Waals surface area contributed by atoms with Crippen molar-refractivity contribution in [2.75, 3.05) is 6.54 Å². The van der Waals surface area contributed by atoms with Crippen LogP contribution >= 0.6 is 0 Å². The standard InChI is InChI=1S/C13H15NO/c1-2-14-10-12-8-9-13(15-12)11-6-4-3-5-7-11/h3-9,14H,2,10H2,1H3/p+1. The zero-order valence-corrected chi connectivity index (χ0v) is 8.94. The van der Waals surface area contributed by atoms with Crippen molar-refractivity contribution >= 4 is 0 Å². The summed E-state index contributed by atoms with van der Waals surface area (Å²) in [6.45, 7) is 4.14. The van der Waals surface area contributed by atoms with Crippen LogP contribution in [0.1, 0.15) is 12.7 Å². The van der Waals surface area contributed by atoms with Gasteiger partial charge in [0, 0.05) is 5.56 Å². The van der Waals surface area contributed by atoms with Gasteiger partial charge in [-0.05, 0) is 19.1 Å². The van der Waals surface area contributed by atoms with E-state index in [1.54, 1.807) is 0 Å². The molecule has 0 aliphatic heterocycles. The van der Waals surface area contributed by atoms with Gasteiger partial charge in [-0.2, -0.15) is 0 Å². The van der Waals surface area contributed by atoms with Crippen LogP contribution < -0.4 is 5.32 Å². The Morgan fingerprint density at radius 1 is 1.07 bits per heavy atom. The minimum Gasteiger partial charge on any atom is -0.455 e. The molecule has 2 heteroatoms. The Balaban J connectivity index is 2.14. The van der Waals surface area contributed by atoms with E-state index < -0.39 is 0 Å². The first-order chi connectivity index (χ1) is 7.40. The van der Waals surface area contributed by atoms with E-state index in [4.69, 9.17) is 4.42 Å². The lowest BCUT2D eigenvalue weighted by molar-refractivity contribution is -0.669. The van der Waals surface area contributed by atoms with Gasteiger partial charge in [0.1, 0.15) is 12.3 Å². The van der Waals surface area contributed by atoms with Crippen LogP contribution in [0.25, 0.3) is 11.3 Å². The molecule has 15 heavy (non-hydrogen) atoms. The molecule has 2 N–H and O–H groups in total. The van der Waals surface area contributed by atoms with E-state index in [2.05, 4.69) is 30.4 Å². The molecule has 0 aliphatic carbocycles. The Labute approximate surface area is 89.9 Å². The van der Waals surface area contributed by atoms with Crippen molar-refractivity contribution in [2.24, 2.45) is 0 Å². The number of furan rings is 1. The maximum absolute atomic E-state index is 5.74. The molecule has 0 bridgehead atoms. The number of hydrogen-bond donors (Lipinski definition) is 1. The van der Waals surface area contributed by atoms with Gasteiger partial charge in [0.15, 0.2) is 5.76 Å². The van der Waals surface area contributed by atoms with E-state index in [0.29, 0.717) is 0 Å². The lowest BCUT2D eigenvalue weighted by Crippen LogP contribution is -2.81. The molecule has 0 fully saturated rings. The summed E-state index contributed by atoms with van der Waals surface area (Å²) < 4.78 is 5.74. The third-order valence-electron chi connectivity index (χ3n) is 2.35. The van der Waals surface area contributed by atoms with E-state index in [9.17, 15) is 0 Å². The second-order valence-corrected chi connectivity index (χ2v) is 3.53. The number of hydrogen-bond acceptors (Lipinski definition) is 1. The van der Waals surface area contributed by atoms with E-state index in [1.807, 2.05) is 24.3 Å². The minimum absolute atomic E-state index is 0.920. The van der Waals surface area contributed by atoms with Gasteiger partial charge in [-0.3, -0.25) is 0 Å². The number of rotatable bonds is 4. The summed E-state index contributed by atoms with van der Waals surface area (Å²) in [5.41, 5.74) is 1.14. The van der Waals surface area contributed by atoms with Crippen LogP contribution in [0.15, 0.2) is 46.9 Å². The van der Waals surface area contributed by atoms with Crippen LogP contribution in [0, 0.1) is 0 Å². The fourth-order valence-corrected chi connectivity index (χ4v) is 1.53. The summed E-state index contributed by atoms with van der Waals surface area (Å²) in [6, 6.07) is 14.3. The maximum Gasteiger partial charge on any atom is 0.158 e. The molecule has 1 aromatic carbocycles. The van der Waals surface area contributed by atoms with Gasteiger partial charge in [-0.15, -0.1) is 0 Å². The Morgan fingerprint density at radius 3 is 2.60 bits per heavy atom. The molecule has 2 aromatic rings. The molecular formula is C13H16NO+. The summed E-state index contributed by atoms with van der Waals surface area (Å²) in [5.74, 6) is 1.99. The first-order valence-electron chi connectivity index (χ1n) is 5.36. The molecule has 2 rings (SSSR count). The number of benzene rings is 1. The molecule has 0 atom stereocenters. The molecule has 1 aromatic heterocycles. The van der Waals surface area contributed by atoms with Crippen LogP contribution in [0.4, 0.5) is 0 Å². The van der Waals surface area contributed by atoms with Gasteiger partial charge >= 0.3 is 0 Å². The fraction of sp³-hybridized carbons (Fsp3) is 0.231. The van der Waals surface area contributed by atoms with Gasteiger partial charge in [-0.25, -0.2) is 0 Å². The molecule has 2 nitrogen and oxygen atoms in total. The number of nitrogens with two attached hydrogens (primary N) is 1. The Kier molecular flexibility index (Phi) is 3.20. The molecule has 78 valence electrons. The zero-order valence-electron chi connectivity index (χ0n) is 8.94. The third-order valence-corrected chi connectivity index (χ3v) is 2.35. The van der Waals surface area contributed by atoms with Crippen LogP contribution in [0.3, 0.4) is 0 Å². The summed E-state index contributed by atoms with van der Waals surface area (Å²) >= 11 is 0. The van der Waals surface area contributed by atoms with Gasteiger partial charge in [0.25, 0.3) is 0 Å². The Hall–Kier alpha value is -1.54. The van der Waals surface area contributed by atoms with Gasteiger partial charge in [-0.1, -0.05) is 30.3 Å². The highest BCUT2D eigenvalue weighted by Gasteiger charge is 2.04. The molecule has 0 spiro atoms. The molecule has 0 aliphatic rings. The molecule has 0 unspecified atom stereocenters. The van der Waals surface area contributed by atoms with Gasteiger partial charge < -0.3 is 9.73 Å². The first-order valence-corrected chi connectivity index (χ1v) is 5.36. The minimum atomic E-state index is 0.920. The molecule has 0 saturated carbocycles. The van der Waals surface area contributed by atoms with E-state index in [1.165, 1.54) is 0 Å². The normalized spacial score (nSPS) is 10.5. The van der Waals surface area contributed by atoms with Gasteiger partial charge in [0.2, 0.25) is 0 Å². The summed E-state index contributed by atoms with van der Waals surface area (Å²) in [5, 5.41) is 2.22. The highest BCUT2D eigenvalue weighted by atomic mass is 16.3. The van der Waals surface area contributed by atoms with E-state index in [0.717, 1.165) is 30.2 Å². The van der Waals surface area contributed by atoms with Crippen molar-refractivity contribution < 1.29 is 9.73 Å². The lowest BCUT2D eigenvalue weighted by atomic mass is 10.2. The lowest BCUT2D eigenvalue weighted by Gasteiger charge is -1.96. The van der Waals surface area contributed by atoms with Crippen molar-refractivity contribution in [1.29, 1.82) is 0 Å². The second-order valence-electron chi connectivity index (χ2n) is 3.53. The average Bonchev–Trinajstić information content (AvgIpc) is 2.76. The molecular weight excluding hydrogens is 186 g/mol. The highest BCUT2D eigenvalue weighted by Crippen LogP contribution is 2.20. The summed E-state index contributed by atoms with van der Waals surface area (Å²) in [4.78, 5) is 0. The van der Waals surface area contributed by atoms with Crippen molar-refractivity contribution in [1.82, 2.24) is 0 Å². The topological polar surface area (TPSA) is 29.8 Å². The molecule has 0 amide bonds. The van der Waals surface area contributed by atoms with Crippen molar-refractivity contribution in [3.8, 4) is 11.3 Å². The van der Waals surface area contributed by atoms with Crippen molar-refractivity contribution in [3.05, 3.63) is 48.2 Å². The Bertz CT molecular complexity index is 405. The van der Waals surface area contributed by atoms with E-state index in [-0.39, 0.29) is 0 Å². The van der Waals surface area contributed by atoms with Gasteiger partial charge in [0.05, 0.1) is 6.54 Å². The average molecular weight is 202 g/mol. The summed E-state index contributed by atoms with van der Waals surface area (Å²) in [6.07, 6.45) is 0. The SMILES string of the molecule is CC[NH2+]Cc1ccc(-c2ccccc2)o1. The molecule has 0 radical (unpaired) electrons. The van der Waals surface area contributed by atoms with Crippen LogP contribution in [0.5, 0.6) is 0 Å². The molecule has 1 heterocycles. The van der Waals surface area contributed by atoms with Crippen LogP contribution in [-0.2, 0) is 6.54 Å². The highest BCUT2D eigenvalue weighted by molar-refractivity contribution is 5.57. The predicted molar refractivity (Wildman–Crippen MR) is 60.3 cm³/mol. The van der Waals surface area contributed by atoms with Crippen molar-refractivity contribution in [2.45, 2.75) is 13.5 Å². The van der Waals surface area contributed by atoms with E-state index >= 15 is 0 Å². The molecule has 0 saturated heterocycles. The van der Waals surface area contributed by atoms with Crippen LogP contribution in [0.2, 0.25) is 0 Å². The zero-order chi connectivity index (χ0) is 10.5. The predicted octanol–water partition coefficient (Wildman–Crippen LogP) is 2.03. The largest absolute Gasteiger partial charge is 0.455 e. The second kappa shape index (κ2) is 4.80. The Morgan fingerprint density at radius 2 is 1.87 bits per heavy atom. The summed E-state index contributed by atoms with van der Waals surface area (Å²) in [7, 11) is 0. The third kappa shape index (κ3) is 2.48. The van der Waals surface area contributed by atoms with Crippen LogP contribution in [-0.4, -0.2) is 6.54 Å².